The van der Waals surface area contributed by atoms with Crippen molar-refractivity contribution in [1.82, 2.24) is 23.6 Å². The van der Waals surface area contributed by atoms with Crippen LogP contribution in [0.2, 0.25) is 25.7 Å². The van der Waals surface area contributed by atoms with Gasteiger partial charge in [-0.25, -0.2) is 13.4 Å². The van der Waals surface area contributed by atoms with Gasteiger partial charge in [0.05, 0.1) is 24.4 Å². The van der Waals surface area contributed by atoms with E-state index in [2.05, 4.69) is 35.8 Å². The maximum Gasteiger partial charge on any atom is 0.214 e. The highest BCUT2D eigenvalue weighted by Crippen LogP contribution is 2.36. The van der Waals surface area contributed by atoms with Gasteiger partial charge in [0.25, 0.3) is 0 Å². The first-order valence-electron chi connectivity index (χ1n) is 12.0. The predicted molar refractivity (Wildman–Crippen MR) is 139 cm³/mol. The molecule has 3 aromatic heterocycles. The summed E-state index contributed by atoms with van der Waals surface area (Å²) in [5, 5.41) is 15.0. The fourth-order valence-corrected chi connectivity index (χ4v) is 6.79. The molecule has 35 heavy (non-hydrogen) atoms. The molecule has 0 N–H and O–H groups in total. The Kier molecular flexibility index (Phi) is 7.20. The predicted octanol–water partition coefficient (Wildman–Crippen LogP) is 3.88. The minimum absolute atomic E-state index is 0.119. The zero-order valence-electron chi connectivity index (χ0n) is 20.9. The third-order valence-electron chi connectivity index (χ3n) is 6.47. The third-order valence-corrected chi connectivity index (χ3v) is 10.1. The number of fused-ring (bicyclic) bond motifs is 1. The Labute approximate surface area is 208 Å². The molecule has 1 saturated heterocycles. The molecule has 3 aromatic rings. The highest BCUT2D eigenvalue weighted by Gasteiger charge is 2.49. The minimum atomic E-state index is -3.30. The van der Waals surface area contributed by atoms with Crippen molar-refractivity contribution in [3.8, 4) is 17.2 Å². The average Bonchev–Trinajstić information content (AvgIpc) is 3.40. The maximum absolute atomic E-state index is 12.5. The Morgan fingerprint density at radius 1 is 1.26 bits per heavy atom. The molecule has 1 aliphatic rings. The summed E-state index contributed by atoms with van der Waals surface area (Å²) in [6.45, 7) is 10.6. The third kappa shape index (κ3) is 5.35. The van der Waals surface area contributed by atoms with Crippen LogP contribution in [0.5, 0.6) is 0 Å². The van der Waals surface area contributed by atoms with Gasteiger partial charge in [-0.3, -0.25) is 4.68 Å². The van der Waals surface area contributed by atoms with E-state index in [1.165, 1.54) is 4.31 Å². The smallest absolute Gasteiger partial charge is 0.214 e. The summed E-state index contributed by atoms with van der Waals surface area (Å²) in [4.78, 5) is 4.57. The number of nitriles is 1. The Bertz CT molecular complexity index is 1330. The molecule has 0 spiro atoms. The number of nitrogens with zero attached hydrogens (tertiary/aromatic N) is 6. The molecule has 0 unspecified atom stereocenters. The Morgan fingerprint density at radius 3 is 2.71 bits per heavy atom. The van der Waals surface area contributed by atoms with Crippen LogP contribution < -0.4 is 0 Å². The summed E-state index contributed by atoms with van der Waals surface area (Å²) >= 11 is 0. The van der Waals surface area contributed by atoms with E-state index >= 15 is 0 Å². The van der Waals surface area contributed by atoms with E-state index < -0.39 is 23.6 Å². The monoisotopic (exact) mass is 514 g/mol. The van der Waals surface area contributed by atoms with Gasteiger partial charge in [0.15, 0.2) is 0 Å². The van der Waals surface area contributed by atoms with E-state index in [-0.39, 0.29) is 25.3 Å². The Hall–Kier alpha value is -2.52. The van der Waals surface area contributed by atoms with Gasteiger partial charge in [-0.1, -0.05) is 26.6 Å². The number of hydrogen-bond acceptors (Lipinski definition) is 6. The van der Waals surface area contributed by atoms with Crippen LogP contribution in [0.3, 0.4) is 0 Å². The zero-order chi connectivity index (χ0) is 25.3. The summed E-state index contributed by atoms with van der Waals surface area (Å²) in [6.07, 6.45) is 8.22. The van der Waals surface area contributed by atoms with Crippen molar-refractivity contribution in [2.45, 2.75) is 57.7 Å². The van der Waals surface area contributed by atoms with Gasteiger partial charge in [-0.2, -0.15) is 14.7 Å². The van der Waals surface area contributed by atoms with E-state index in [0.717, 1.165) is 34.8 Å². The second kappa shape index (κ2) is 9.85. The van der Waals surface area contributed by atoms with E-state index in [0.29, 0.717) is 13.2 Å². The van der Waals surface area contributed by atoms with Crippen molar-refractivity contribution in [2.75, 3.05) is 25.4 Å². The highest BCUT2D eigenvalue weighted by atomic mass is 32.2. The second-order valence-corrected chi connectivity index (χ2v) is 18.3. The van der Waals surface area contributed by atoms with Crippen molar-refractivity contribution in [1.29, 1.82) is 5.26 Å². The fourth-order valence-electron chi connectivity index (χ4n) is 4.39. The largest absolute Gasteiger partial charge is 0.361 e. The van der Waals surface area contributed by atoms with E-state index in [4.69, 9.17) is 4.74 Å². The van der Waals surface area contributed by atoms with Crippen LogP contribution >= 0.6 is 0 Å². The van der Waals surface area contributed by atoms with Gasteiger partial charge >= 0.3 is 0 Å². The molecule has 4 heterocycles. The highest BCUT2D eigenvalue weighted by molar-refractivity contribution is 7.89. The van der Waals surface area contributed by atoms with Crippen molar-refractivity contribution in [3.63, 3.8) is 0 Å². The summed E-state index contributed by atoms with van der Waals surface area (Å²) in [5.41, 5.74) is 2.09. The molecular formula is C24H34N6O3SSi. The Morgan fingerprint density at radius 2 is 2.03 bits per heavy atom. The quantitative estimate of drug-likeness (QED) is 0.284. The van der Waals surface area contributed by atoms with E-state index in [1.54, 1.807) is 17.1 Å². The topological polar surface area (TPSA) is 106 Å². The molecule has 9 nitrogen and oxygen atoms in total. The van der Waals surface area contributed by atoms with Crippen LogP contribution in [0.1, 0.15) is 19.8 Å². The van der Waals surface area contributed by atoms with Crippen molar-refractivity contribution in [3.05, 3.63) is 36.9 Å². The van der Waals surface area contributed by atoms with Gasteiger partial charge in [0.1, 0.15) is 17.9 Å². The van der Waals surface area contributed by atoms with Crippen LogP contribution in [-0.4, -0.2) is 65.6 Å². The van der Waals surface area contributed by atoms with E-state index in [1.807, 2.05) is 36.0 Å². The van der Waals surface area contributed by atoms with Crippen LogP contribution in [0.25, 0.3) is 22.2 Å². The lowest BCUT2D eigenvalue weighted by Crippen LogP contribution is -2.64. The lowest BCUT2D eigenvalue weighted by molar-refractivity contribution is 0.0718. The van der Waals surface area contributed by atoms with E-state index in [9.17, 15) is 13.7 Å². The first-order valence-corrected chi connectivity index (χ1v) is 17.3. The molecule has 0 aliphatic carbocycles. The van der Waals surface area contributed by atoms with Gasteiger partial charge in [0, 0.05) is 57.3 Å². The summed E-state index contributed by atoms with van der Waals surface area (Å²) in [7, 11) is -4.44. The standard InChI is InChI=1S/C24H34N6O3SSi/c1-5-13-34(31,32)29-17-24(18-29,8-9-25)30-16-20(15-27-30)21-6-10-26-23-22(21)7-11-28(23)19-33-12-14-35(2,3)4/h6-7,10-11,15-16H,5,8,12-14,17-19H2,1-4H3. The molecule has 0 bridgehead atoms. The molecule has 0 amide bonds. The molecule has 0 atom stereocenters. The first kappa shape index (κ1) is 25.6. The zero-order valence-corrected chi connectivity index (χ0v) is 22.8. The van der Waals surface area contributed by atoms with Crippen molar-refractivity contribution >= 4 is 29.1 Å². The summed E-state index contributed by atoms with van der Waals surface area (Å²) < 4.78 is 36.1. The average molecular weight is 515 g/mol. The normalized spacial score (nSPS) is 16.3. The van der Waals surface area contributed by atoms with Crippen LogP contribution in [-0.2, 0) is 27.0 Å². The number of aromatic nitrogens is 4. The van der Waals surface area contributed by atoms with Gasteiger partial charge < -0.3 is 9.30 Å². The second-order valence-electron chi connectivity index (χ2n) is 10.5. The molecular weight excluding hydrogens is 480 g/mol. The molecule has 0 radical (unpaired) electrons. The van der Waals surface area contributed by atoms with Crippen LogP contribution in [0, 0.1) is 11.3 Å². The lowest BCUT2D eigenvalue weighted by Gasteiger charge is -2.47. The summed E-state index contributed by atoms with van der Waals surface area (Å²) in [6, 6.07) is 7.32. The molecule has 1 fully saturated rings. The number of sulfonamides is 1. The van der Waals surface area contributed by atoms with Crippen molar-refractivity contribution in [2.24, 2.45) is 0 Å². The first-order chi connectivity index (χ1) is 16.6. The molecule has 1 aliphatic heterocycles. The van der Waals surface area contributed by atoms with Crippen molar-refractivity contribution < 1.29 is 13.2 Å². The number of hydrogen-bond donors (Lipinski definition) is 0. The molecule has 0 aromatic carbocycles. The molecule has 0 saturated carbocycles. The molecule has 188 valence electrons. The van der Waals surface area contributed by atoms with Crippen LogP contribution in [0.4, 0.5) is 0 Å². The van der Waals surface area contributed by atoms with Gasteiger partial charge in [0.2, 0.25) is 10.0 Å². The Balaban J connectivity index is 1.54. The molecule has 4 rings (SSSR count). The lowest BCUT2D eigenvalue weighted by atomic mass is 9.89. The number of pyridine rings is 1. The maximum atomic E-state index is 12.5. The van der Waals surface area contributed by atoms with Gasteiger partial charge in [-0.15, -0.1) is 0 Å². The number of ether oxygens (including phenoxy) is 1. The minimum Gasteiger partial charge on any atom is -0.361 e. The van der Waals surface area contributed by atoms with Crippen LogP contribution in [0.15, 0.2) is 36.9 Å². The fraction of sp³-hybridized carbons (Fsp3) is 0.542. The SMILES string of the molecule is CCCS(=O)(=O)N1CC(CC#N)(n2cc(-c3ccnc4c3ccn4COCC[Si](C)(C)C)cn2)C1. The van der Waals surface area contributed by atoms with Gasteiger partial charge in [-0.05, 0) is 30.2 Å². The summed E-state index contributed by atoms with van der Waals surface area (Å²) in [5.74, 6) is 0.119. The number of rotatable bonds is 11. The molecule has 11 heteroatoms.